The van der Waals surface area contributed by atoms with Crippen LogP contribution in [-0.2, 0) is 5.75 Å². The van der Waals surface area contributed by atoms with Gasteiger partial charge in [-0.2, -0.15) is 5.26 Å². The first kappa shape index (κ1) is 9.55. The van der Waals surface area contributed by atoms with Crippen LogP contribution in [0.4, 0.5) is 5.69 Å². The van der Waals surface area contributed by atoms with E-state index in [1.54, 1.807) is 12.1 Å². The summed E-state index contributed by atoms with van der Waals surface area (Å²) in [5.41, 5.74) is 0.989. The van der Waals surface area contributed by atoms with E-state index in [2.05, 4.69) is 0 Å². The second-order valence-electron chi connectivity index (χ2n) is 2.30. The molecule has 0 unspecified atom stereocenters. The lowest BCUT2D eigenvalue weighted by Crippen LogP contribution is -1.87. The normalized spacial score (nSPS) is 9.15. The Morgan fingerprint density at radius 3 is 2.54 bits per heavy atom. The van der Waals surface area contributed by atoms with E-state index in [4.69, 9.17) is 5.26 Å². The van der Waals surface area contributed by atoms with Crippen molar-refractivity contribution in [2.75, 3.05) is 0 Å². The van der Waals surface area contributed by atoms with Gasteiger partial charge in [0.1, 0.15) is 5.40 Å². The third kappa shape index (κ3) is 2.76. The molecule has 0 saturated carbocycles. The summed E-state index contributed by atoms with van der Waals surface area (Å²) in [5.74, 6) is 0.564. The molecule has 0 amide bonds. The molecule has 0 fully saturated rings. The molecule has 13 heavy (non-hydrogen) atoms. The predicted molar refractivity (Wildman–Crippen MR) is 50.0 cm³/mol. The highest BCUT2D eigenvalue weighted by molar-refractivity contribution is 8.02. The minimum absolute atomic E-state index is 0.0747. The maximum atomic E-state index is 10.3. The molecule has 0 aromatic heterocycles. The Morgan fingerprint density at radius 2 is 2.08 bits per heavy atom. The van der Waals surface area contributed by atoms with Gasteiger partial charge < -0.3 is 0 Å². The molecule has 0 heterocycles. The van der Waals surface area contributed by atoms with Crippen LogP contribution >= 0.6 is 11.8 Å². The summed E-state index contributed by atoms with van der Waals surface area (Å²) in [6, 6.07) is 6.19. The number of hydrogen-bond acceptors (Lipinski definition) is 4. The average molecular weight is 194 g/mol. The second kappa shape index (κ2) is 4.48. The highest BCUT2D eigenvalue weighted by Crippen LogP contribution is 2.15. The molecule has 0 atom stereocenters. The van der Waals surface area contributed by atoms with Crippen molar-refractivity contribution in [3.8, 4) is 5.40 Å². The first-order valence-electron chi connectivity index (χ1n) is 3.48. The van der Waals surface area contributed by atoms with Gasteiger partial charge in [0.15, 0.2) is 0 Å². The van der Waals surface area contributed by atoms with Crippen molar-refractivity contribution in [2.45, 2.75) is 5.75 Å². The van der Waals surface area contributed by atoms with Gasteiger partial charge in [0, 0.05) is 17.9 Å². The first-order valence-corrected chi connectivity index (χ1v) is 4.47. The maximum absolute atomic E-state index is 10.3. The zero-order chi connectivity index (χ0) is 9.68. The van der Waals surface area contributed by atoms with Crippen LogP contribution in [0.5, 0.6) is 0 Å². The van der Waals surface area contributed by atoms with Gasteiger partial charge in [0.25, 0.3) is 5.69 Å². The van der Waals surface area contributed by atoms with E-state index < -0.39 is 4.92 Å². The molecule has 66 valence electrons. The second-order valence-corrected chi connectivity index (χ2v) is 3.06. The number of non-ortho nitro benzene ring substituents is 1. The molecule has 1 rings (SSSR count). The van der Waals surface area contributed by atoms with Crippen LogP contribution in [0.2, 0.25) is 0 Å². The molecule has 0 N–H and O–H groups in total. The molecule has 0 saturated heterocycles. The number of thiocyanates is 1. The third-order valence-corrected chi connectivity index (χ3v) is 2.06. The summed E-state index contributed by atoms with van der Waals surface area (Å²) < 4.78 is 0. The Labute approximate surface area is 79.3 Å². The fourth-order valence-electron chi connectivity index (χ4n) is 0.829. The van der Waals surface area contributed by atoms with Gasteiger partial charge in [-0.05, 0) is 17.3 Å². The minimum atomic E-state index is -0.443. The van der Waals surface area contributed by atoms with Crippen molar-refractivity contribution in [2.24, 2.45) is 0 Å². The number of nitro benzene ring substituents is 1. The standard InChI is InChI=1S/C8H6N2O2S/c9-6-13-5-7-1-3-8(4-2-7)10(11)12/h1-4H,5H2. The van der Waals surface area contributed by atoms with E-state index in [9.17, 15) is 10.1 Å². The summed E-state index contributed by atoms with van der Waals surface area (Å²) in [6.07, 6.45) is 0. The van der Waals surface area contributed by atoms with Crippen molar-refractivity contribution < 1.29 is 4.92 Å². The number of nitrogens with zero attached hydrogens (tertiary/aromatic N) is 2. The van der Waals surface area contributed by atoms with Crippen molar-refractivity contribution in [3.05, 3.63) is 39.9 Å². The van der Waals surface area contributed by atoms with Crippen molar-refractivity contribution >= 4 is 17.4 Å². The highest BCUT2D eigenvalue weighted by Gasteiger charge is 2.03. The van der Waals surface area contributed by atoms with Crippen molar-refractivity contribution in [1.82, 2.24) is 0 Å². The Kier molecular flexibility index (Phi) is 3.29. The third-order valence-electron chi connectivity index (χ3n) is 1.45. The number of nitriles is 1. The van der Waals surface area contributed by atoms with Crippen molar-refractivity contribution in [3.63, 3.8) is 0 Å². The van der Waals surface area contributed by atoms with Gasteiger partial charge in [-0.3, -0.25) is 10.1 Å². The number of thioether (sulfide) groups is 1. The molecule has 0 aliphatic heterocycles. The van der Waals surface area contributed by atoms with E-state index in [0.29, 0.717) is 5.75 Å². The lowest BCUT2D eigenvalue weighted by molar-refractivity contribution is -0.384. The molecule has 0 bridgehead atoms. The monoisotopic (exact) mass is 194 g/mol. The Morgan fingerprint density at radius 1 is 1.46 bits per heavy atom. The minimum Gasteiger partial charge on any atom is -0.258 e. The van der Waals surface area contributed by atoms with Gasteiger partial charge in [-0.15, -0.1) is 0 Å². The fraction of sp³-hybridized carbons (Fsp3) is 0.125. The molecular weight excluding hydrogens is 188 g/mol. The van der Waals surface area contributed by atoms with Crippen molar-refractivity contribution in [1.29, 1.82) is 5.26 Å². The molecular formula is C8H6N2O2S. The highest BCUT2D eigenvalue weighted by atomic mass is 32.2. The summed E-state index contributed by atoms with van der Waals surface area (Å²) in [5, 5.41) is 20.5. The number of nitro groups is 1. The molecule has 1 aromatic rings. The van der Waals surface area contributed by atoms with E-state index in [1.165, 1.54) is 12.1 Å². The summed E-state index contributed by atoms with van der Waals surface area (Å²) in [6.45, 7) is 0. The van der Waals surface area contributed by atoms with Crippen LogP contribution in [0.15, 0.2) is 24.3 Å². The Hall–Kier alpha value is -1.54. The van der Waals surface area contributed by atoms with E-state index >= 15 is 0 Å². The Bertz CT molecular complexity index is 342. The van der Waals surface area contributed by atoms with Gasteiger partial charge in [-0.1, -0.05) is 12.1 Å². The van der Waals surface area contributed by atoms with Crippen LogP contribution in [0.1, 0.15) is 5.56 Å². The molecule has 5 heteroatoms. The van der Waals surface area contributed by atoms with Crippen LogP contribution in [0, 0.1) is 20.8 Å². The van der Waals surface area contributed by atoms with E-state index in [1.807, 2.05) is 5.40 Å². The van der Waals surface area contributed by atoms with Gasteiger partial charge in [0.2, 0.25) is 0 Å². The molecule has 0 radical (unpaired) electrons. The number of benzene rings is 1. The number of rotatable bonds is 3. The summed E-state index contributed by atoms with van der Waals surface area (Å²) in [4.78, 5) is 9.83. The lowest BCUT2D eigenvalue weighted by atomic mass is 10.2. The van der Waals surface area contributed by atoms with Crippen LogP contribution in [-0.4, -0.2) is 4.92 Å². The van der Waals surface area contributed by atoms with E-state index in [0.717, 1.165) is 17.3 Å². The van der Waals surface area contributed by atoms with Crippen LogP contribution in [0.3, 0.4) is 0 Å². The van der Waals surface area contributed by atoms with Gasteiger partial charge in [0.05, 0.1) is 4.92 Å². The topological polar surface area (TPSA) is 66.9 Å². The largest absolute Gasteiger partial charge is 0.269 e. The quantitative estimate of drug-likeness (QED) is 0.420. The fourth-order valence-corrected chi connectivity index (χ4v) is 1.25. The van der Waals surface area contributed by atoms with Gasteiger partial charge in [-0.25, -0.2) is 0 Å². The average Bonchev–Trinajstić information content (AvgIpc) is 2.15. The number of hydrogen-bond donors (Lipinski definition) is 0. The molecule has 0 aliphatic rings. The SMILES string of the molecule is N#CSCc1ccc([N+](=O)[O-])cc1. The van der Waals surface area contributed by atoms with Crippen LogP contribution < -0.4 is 0 Å². The molecule has 0 aliphatic carbocycles. The predicted octanol–water partition coefficient (Wildman–Crippen LogP) is 2.31. The first-order chi connectivity index (χ1) is 6.24. The smallest absolute Gasteiger partial charge is 0.258 e. The zero-order valence-electron chi connectivity index (χ0n) is 6.64. The lowest BCUT2D eigenvalue weighted by Gasteiger charge is -1.95. The Balaban J connectivity index is 2.71. The summed E-state index contributed by atoms with van der Waals surface area (Å²) in [7, 11) is 0. The van der Waals surface area contributed by atoms with E-state index in [-0.39, 0.29) is 5.69 Å². The van der Waals surface area contributed by atoms with Crippen LogP contribution in [0.25, 0.3) is 0 Å². The molecule has 0 spiro atoms. The summed E-state index contributed by atoms with van der Waals surface area (Å²) >= 11 is 1.11. The zero-order valence-corrected chi connectivity index (χ0v) is 7.45. The molecule has 1 aromatic carbocycles. The molecule has 4 nitrogen and oxygen atoms in total. The maximum Gasteiger partial charge on any atom is 0.269 e. The van der Waals surface area contributed by atoms with Gasteiger partial charge >= 0.3 is 0 Å².